The van der Waals surface area contributed by atoms with Crippen LogP contribution in [-0.4, -0.2) is 31.0 Å². The molecular weight excluding hydrogens is 394 g/mol. The van der Waals surface area contributed by atoms with E-state index in [9.17, 15) is 10.1 Å². The first-order chi connectivity index (χ1) is 12.5. The van der Waals surface area contributed by atoms with Crippen LogP contribution in [0.4, 0.5) is 5.69 Å². The molecule has 2 aromatic heterocycles. The SMILES string of the molecule is CC(C)CSc1nnc(SCc2nc(-c3cccc([N+](=O)[O-])c3)no2)s1. The molecule has 0 aliphatic carbocycles. The summed E-state index contributed by atoms with van der Waals surface area (Å²) in [6.07, 6.45) is 0. The van der Waals surface area contributed by atoms with Crippen molar-refractivity contribution in [3.05, 3.63) is 40.3 Å². The van der Waals surface area contributed by atoms with Gasteiger partial charge in [0.15, 0.2) is 8.68 Å². The van der Waals surface area contributed by atoms with Crippen LogP contribution in [-0.2, 0) is 5.75 Å². The van der Waals surface area contributed by atoms with Crippen molar-refractivity contribution in [1.82, 2.24) is 20.3 Å². The molecule has 0 atom stereocenters. The van der Waals surface area contributed by atoms with E-state index in [1.165, 1.54) is 23.9 Å². The van der Waals surface area contributed by atoms with Gasteiger partial charge in [-0.25, -0.2) is 0 Å². The molecule has 1 aromatic carbocycles. The normalized spacial score (nSPS) is 11.2. The predicted molar refractivity (Wildman–Crippen MR) is 101 cm³/mol. The molecule has 0 aliphatic rings. The third-order valence-corrected chi connectivity index (χ3v) is 6.63. The van der Waals surface area contributed by atoms with Crippen molar-refractivity contribution in [3.8, 4) is 11.4 Å². The molecule has 0 unspecified atom stereocenters. The van der Waals surface area contributed by atoms with Crippen LogP contribution in [0.5, 0.6) is 0 Å². The molecule has 0 saturated heterocycles. The molecule has 3 rings (SSSR count). The molecule has 0 amide bonds. The monoisotopic (exact) mass is 409 g/mol. The molecule has 0 fully saturated rings. The predicted octanol–water partition coefficient (Wildman–Crippen LogP) is 4.54. The van der Waals surface area contributed by atoms with Crippen molar-refractivity contribution < 1.29 is 9.45 Å². The third-order valence-electron chi connectivity index (χ3n) is 3.03. The van der Waals surface area contributed by atoms with Crippen LogP contribution in [0.2, 0.25) is 0 Å². The smallest absolute Gasteiger partial charge is 0.270 e. The van der Waals surface area contributed by atoms with Gasteiger partial charge in [-0.2, -0.15) is 4.98 Å². The maximum atomic E-state index is 10.9. The van der Waals surface area contributed by atoms with Crippen LogP contribution in [0.3, 0.4) is 0 Å². The molecule has 3 aromatic rings. The van der Waals surface area contributed by atoms with E-state index in [4.69, 9.17) is 4.52 Å². The van der Waals surface area contributed by atoms with E-state index in [1.807, 2.05) is 0 Å². The van der Waals surface area contributed by atoms with E-state index in [2.05, 4.69) is 34.2 Å². The van der Waals surface area contributed by atoms with E-state index in [0.717, 1.165) is 14.4 Å². The molecule has 8 nitrogen and oxygen atoms in total. The first kappa shape index (κ1) is 18.8. The van der Waals surface area contributed by atoms with Gasteiger partial charge >= 0.3 is 0 Å². The number of non-ortho nitro benzene ring substituents is 1. The van der Waals surface area contributed by atoms with Crippen LogP contribution >= 0.6 is 34.9 Å². The van der Waals surface area contributed by atoms with Gasteiger partial charge in [-0.05, 0) is 5.92 Å². The lowest BCUT2D eigenvalue weighted by atomic mass is 10.2. The Morgan fingerprint density at radius 1 is 1.27 bits per heavy atom. The molecule has 11 heteroatoms. The molecule has 0 spiro atoms. The highest BCUT2D eigenvalue weighted by Gasteiger charge is 2.14. The first-order valence-corrected chi connectivity index (χ1v) is 10.5. The van der Waals surface area contributed by atoms with Gasteiger partial charge in [-0.1, -0.05) is 66.0 Å². The van der Waals surface area contributed by atoms with Gasteiger partial charge in [0.05, 0.1) is 10.7 Å². The second-order valence-electron chi connectivity index (χ2n) is 5.65. The maximum Gasteiger partial charge on any atom is 0.270 e. The van der Waals surface area contributed by atoms with Gasteiger partial charge < -0.3 is 4.52 Å². The van der Waals surface area contributed by atoms with Gasteiger partial charge in [0.1, 0.15) is 0 Å². The lowest BCUT2D eigenvalue weighted by Crippen LogP contribution is -1.89. The summed E-state index contributed by atoms with van der Waals surface area (Å²) in [7, 11) is 0. The second kappa shape index (κ2) is 8.60. The van der Waals surface area contributed by atoms with E-state index in [1.54, 1.807) is 35.2 Å². The fourth-order valence-electron chi connectivity index (χ4n) is 1.86. The first-order valence-electron chi connectivity index (χ1n) is 7.68. The number of nitro benzene ring substituents is 1. The number of hydrogen-bond acceptors (Lipinski definition) is 10. The van der Waals surface area contributed by atoms with Crippen molar-refractivity contribution >= 4 is 40.5 Å². The summed E-state index contributed by atoms with van der Waals surface area (Å²) in [5.74, 6) is 2.84. The lowest BCUT2D eigenvalue weighted by Gasteiger charge is -1.98. The van der Waals surface area contributed by atoms with Crippen LogP contribution in [0.1, 0.15) is 19.7 Å². The molecule has 0 saturated carbocycles. The number of nitro groups is 1. The van der Waals surface area contributed by atoms with Crippen LogP contribution in [0.15, 0.2) is 37.5 Å². The molecule has 2 heterocycles. The zero-order valence-electron chi connectivity index (χ0n) is 14.0. The van der Waals surface area contributed by atoms with Gasteiger partial charge in [-0.3, -0.25) is 10.1 Å². The quantitative estimate of drug-likeness (QED) is 0.301. The molecule has 26 heavy (non-hydrogen) atoms. The Labute approximate surface area is 162 Å². The van der Waals surface area contributed by atoms with Crippen molar-refractivity contribution in [2.75, 3.05) is 5.75 Å². The van der Waals surface area contributed by atoms with Crippen molar-refractivity contribution in [3.63, 3.8) is 0 Å². The Morgan fingerprint density at radius 2 is 2.04 bits per heavy atom. The Bertz CT molecular complexity index is 896. The summed E-state index contributed by atoms with van der Waals surface area (Å²) in [4.78, 5) is 14.7. The highest BCUT2D eigenvalue weighted by Crippen LogP contribution is 2.31. The fraction of sp³-hybridized carbons (Fsp3) is 0.333. The summed E-state index contributed by atoms with van der Waals surface area (Å²) >= 11 is 4.71. The maximum absolute atomic E-state index is 10.9. The number of thioether (sulfide) groups is 2. The number of nitrogens with zero attached hydrogens (tertiary/aromatic N) is 5. The molecule has 0 bridgehead atoms. The number of hydrogen-bond donors (Lipinski definition) is 0. The van der Waals surface area contributed by atoms with Gasteiger partial charge in [0.2, 0.25) is 11.7 Å². The van der Waals surface area contributed by atoms with Crippen molar-refractivity contribution in [1.29, 1.82) is 0 Å². The van der Waals surface area contributed by atoms with Crippen LogP contribution in [0, 0.1) is 16.0 Å². The molecule has 136 valence electrons. The number of aromatic nitrogens is 4. The highest BCUT2D eigenvalue weighted by atomic mass is 32.2. The minimum Gasteiger partial charge on any atom is -0.338 e. The number of benzene rings is 1. The average molecular weight is 410 g/mol. The van der Waals surface area contributed by atoms with Crippen molar-refractivity contribution in [2.45, 2.75) is 28.3 Å². The standard InChI is InChI=1S/C15H15N5O3S3/c1-9(2)7-24-14-17-18-15(26-14)25-8-12-16-13(19-23-12)10-4-3-5-11(6-10)20(21)22/h3-6,9H,7-8H2,1-2H3. The van der Waals surface area contributed by atoms with Crippen LogP contribution < -0.4 is 0 Å². The van der Waals surface area contributed by atoms with Crippen molar-refractivity contribution in [2.24, 2.45) is 5.92 Å². The number of rotatable bonds is 8. The summed E-state index contributed by atoms with van der Waals surface area (Å²) in [6, 6.07) is 6.14. The van der Waals surface area contributed by atoms with Gasteiger partial charge in [0, 0.05) is 23.4 Å². The Kier molecular flexibility index (Phi) is 6.22. The Hall–Kier alpha value is -1.98. The summed E-state index contributed by atoms with van der Waals surface area (Å²) in [5, 5.41) is 23.1. The second-order valence-corrected chi connectivity index (χ2v) is 9.11. The van der Waals surface area contributed by atoms with E-state index >= 15 is 0 Å². The summed E-state index contributed by atoms with van der Waals surface area (Å²) < 4.78 is 7.01. The van der Waals surface area contributed by atoms with E-state index in [-0.39, 0.29) is 5.69 Å². The largest absolute Gasteiger partial charge is 0.338 e. The zero-order valence-corrected chi connectivity index (χ0v) is 16.4. The minimum absolute atomic E-state index is 0.0106. The van der Waals surface area contributed by atoms with E-state index in [0.29, 0.717) is 28.9 Å². The lowest BCUT2D eigenvalue weighted by molar-refractivity contribution is -0.384. The Balaban J connectivity index is 1.60. The molecule has 0 N–H and O–H groups in total. The topological polar surface area (TPSA) is 108 Å². The minimum atomic E-state index is -0.454. The van der Waals surface area contributed by atoms with Crippen LogP contribution in [0.25, 0.3) is 11.4 Å². The molecular formula is C15H15N5O3S3. The van der Waals surface area contributed by atoms with E-state index < -0.39 is 4.92 Å². The highest BCUT2D eigenvalue weighted by molar-refractivity contribution is 8.02. The molecule has 0 radical (unpaired) electrons. The van der Waals surface area contributed by atoms with Gasteiger partial charge in [-0.15, -0.1) is 10.2 Å². The Morgan fingerprint density at radius 3 is 2.77 bits per heavy atom. The summed E-state index contributed by atoms with van der Waals surface area (Å²) in [6.45, 7) is 4.33. The third kappa shape index (κ3) is 5.02. The summed E-state index contributed by atoms with van der Waals surface area (Å²) in [5.41, 5.74) is 0.533. The zero-order chi connectivity index (χ0) is 18.5. The molecule has 0 aliphatic heterocycles. The fourth-order valence-corrected chi connectivity index (χ4v) is 4.70. The van der Waals surface area contributed by atoms with Gasteiger partial charge in [0.25, 0.3) is 5.69 Å². The average Bonchev–Trinajstić information content (AvgIpc) is 3.27.